The molecule has 2 fully saturated rings. The molecule has 1 saturated heterocycles. The van der Waals surface area contributed by atoms with Gasteiger partial charge in [0.1, 0.15) is 6.10 Å². The third-order valence-electron chi connectivity index (χ3n) is 3.91. The summed E-state index contributed by atoms with van der Waals surface area (Å²) in [7, 11) is -3.48. The summed E-state index contributed by atoms with van der Waals surface area (Å²) in [5, 5.41) is 5.82. The molecule has 7 nitrogen and oxygen atoms in total. The van der Waals surface area contributed by atoms with Crippen molar-refractivity contribution in [2.24, 2.45) is 5.92 Å². The molecule has 134 valence electrons. The Morgan fingerprint density at radius 3 is 2.54 bits per heavy atom. The standard InChI is InChI=1S/C15H21N3O4S.ClH/c19-15(14-10-16-7-8-22-14)18-12-3-5-13(6-4-12)23(20,21)17-9-11-1-2-11;/h3-6,11,14,16-17H,1-2,7-10H2,(H,18,19);1H. The zero-order chi connectivity index (χ0) is 16.3. The highest BCUT2D eigenvalue weighted by Gasteiger charge is 2.24. The summed E-state index contributed by atoms with van der Waals surface area (Å²) >= 11 is 0. The number of carbonyl (C=O) groups is 1. The third-order valence-corrected chi connectivity index (χ3v) is 5.35. The molecule has 0 radical (unpaired) electrons. The Morgan fingerprint density at radius 2 is 1.96 bits per heavy atom. The summed E-state index contributed by atoms with van der Waals surface area (Å²) in [6.45, 7) is 2.21. The fourth-order valence-corrected chi connectivity index (χ4v) is 3.42. The van der Waals surface area contributed by atoms with Crippen LogP contribution in [0.25, 0.3) is 0 Å². The van der Waals surface area contributed by atoms with Gasteiger partial charge in [-0.25, -0.2) is 13.1 Å². The van der Waals surface area contributed by atoms with Gasteiger partial charge in [-0.3, -0.25) is 4.79 Å². The van der Waals surface area contributed by atoms with Gasteiger partial charge in [0, 0.05) is 25.3 Å². The quantitative estimate of drug-likeness (QED) is 0.681. The molecule has 1 aromatic carbocycles. The lowest BCUT2D eigenvalue weighted by atomic mass is 10.2. The van der Waals surface area contributed by atoms with Gasteiger partial charge in [-0.05, 0) is 43.0 Å². The van der Waals surface area contributed by atoms with E-state index in [1.807, 2.05) is 0 Å². The van der Waals surface area contributed by atoms with Crippen molar-refractivity contribution in [3.63, 3.8) is 0 Å². The summed E-state index contributed by atoms with van der Waals surface area (Å²) < 4.78 is 32.2. The van der Waals surface area contributed by atoms with Gasteiger partial charge in [0.05, 0.1) is 11.5 Å². The van der Waals surface area contributed by atoms with Crippen LogP contribution in [0.15, 0.2) is 29.2 Å². The van der Waals surface area contributed by atoms with Crippen LogP contribution in [0.1, 0.15) is 12.8 Å². The highest BCUT2D eigenvalue weighted by Crippen LogP contribution is 2.28. The van der Waals surface area contributed by atoms with E-state index in [1.54, 1.807) is 12.1 Å². The van der Waals surface area contributed by atoms with Gasteiger partial charge in [-0.15, -0.1) is 12.4 Å². The van der Waals surface area contributed by atoms with Crippen LogP contribution in [0.3, 0.4) is 0 Å². The molecule has 24 heavy (non-hydrogen) atoms. The van der Waals surface area contributed by atoms with E-state index in [-0.39, 0.29) is 23.2 Å². The summed E-state index contributed by atoms with van der Waals surface area (Å²) in [6.07, 6.45) is 1.66. The second kappa shape index (κ2) is 8.26. The molecule has 0 aromatic heterocycles. The van der Waals surface area contributed by atoms with Crippen LogP contribution >= 0.6 is 12.4 Å². The molecule has 1 heterocycles. The number of morpholine rings is 1. The normalized spacial score (nSPS) is 20.9. The number of benzene rings is 1. The molecule has 1 unspecified atom stereocenters. The Hall–Kier alpha value is -1.19. The molecule has 9 heteroatoms. The van der Waals surface area contributed by atoms with Crippen LogP contribution in [0.2, 0.25) is 0 Å². The van der Waals surface area contributed by atoms with Crippen molar-refractivity contribution < 1.29 is 17.9 Å². The Labute approximate surface area is 148 Å². The van der Waals surface area contributed by atoms with E-state index in [2.05, 4.69) is 15.4 Å². The topological polar surface area (TPSA) is 96.5 Å². The van der Waals surface area contributed by atoms with Gasteiger partial charge in [-0.2, -0.15) is 0 Å². The number of halogens is 1. The fraction of sp³-hybridized carbons (Fsp3) is 0.533. The van der Waals surface area contributed by atoms with Gasteiger partial charge >= 0.3 is 0 Å². The van der Waals surface area contributed by atoms with Crippen LogP contribution in [0, 0.1) is 5.92 Å². The molecule has 1 saturated carbocycles. The van der Waals surface area contributed by atoms with E-state index in [1.165, 1.54) is 12.1 Å². The van der Waals surface area contributed by atoms with E-state index in [9.17, 15) is 13.2 Å². The van der Waals surface area contributed by atoms with Gasteiger partial charge in [0.25, 0.3) is 5.91 Å². The number of amides is 1. The van der Waals surface area contributed by atoms with Crippen molar-refractivity contribution >= 4 is 34.0 Å². The van der Waals surface area contributed by atoms with Gasteiger partial charge < -0.3 is 15.4 Å². The monoisotopic (exact) mass is 375 g/mol. The minimum absolute atomic E-state index is 0. The summed E-state index contributed by atoms with van der Waals surface area (Å²) in [4.78, 5) is 12.2. The zero-order valence-electron chi connectivity index (χ0n) is 13.2. The predicted molar refractivity (Wildman–Crippen MR) is 92.8 cm³/mol. The van der Waals surface area contributed by atoms with Crippen molar-refractivity contribution in [1.82, 2.24) is 10.0 Å². The molecule has 3 rings (SSSR count). The minimum atomic E-state index is -3.48. The number of rotatable bonds is 6. The number of anilines is 1. The number of carbonyl (C=O) groups excluding carboxylic acids is 1. The summed E-state index contributed by atoms with van der Waals surface area (Å²) in [5.41, 5.74) is 0.547. The highest BCUT2D eigenvalue weighted by atomic mass is 35.5. The van der Waals surface area contributed by atoms with Crippen molar-refractivity contribution in [3.05, 3.63) is 24.3 Å². The predicted octanol–water partition coefficient (Wildman–Crippen LogP) is 0.724. The maximum absolute atomic E-state index is 12.1. The smallest absolute Gasteiger partial charge is 0.254 e. The van der Waals surface area contributed by atoms with Crippen molar-refractivity contribution in [2.45, 2.75) is 23.8 Å². The average Bonchev–Trinajstić information content (AvgIpc) is 3.39. The first-order valence-corrected chi connectivity index (χ1v) is 9.26. The van der Waals surface area contributed by atoms with Crippen molar-refractivity contribution in [2.75, 3.05) is 31.6 Å². The average molecular weight is 376 g/mol. The molecule has 1 aromatic rings. The summed E-state index contributed by atoms with van der Waals surface area (Å²) in [5.74, 6) is 0.243. The van der Waals surface area contributed by atoms with Gasteiger partial charge in [0.2, 0.25) is 10.0 Å². The van der Waals surface area contributed by atoms with Crippen LogP contribution in [-0.2, 0) is 19.6 Å². The van der Waals surface area contributed by atoms with Crippen molar-refractivity contribution in [3.8, 4) is 0 Å². The van der Waals surface area contributed by atoms with Crippen LogP contribution < -0.4 is 15.4 Å². The number of hydrogen-bond donors (Lipinski definition) is 3. The fourth-order valence-electron chi connectivity index (χ4n) is 2.31. The molecule has 1 aliphatic heterocycles. The van der Waals surface area contributed by atoms with Gasteiger partial charge in [-0.1, -0.05) is 0 Å². The first-order chi connectivity index (χ1) is 11.0. The molecular formula is C15H22ClN3O4S. The Morgan fingerprint density at radius 1 is 1.25 bits per heavy atom. The lowest BCUT2D eigenvalue weighted by Crippen LogP contribution is -2.45. The summed E-state index contributed by atoms with van der Waals surface area (Å²) in [6, 6.07) is 6.15. The number of hydrogen-bond acceptors (Lipinski definition) is 5. The van der Waals surface area contributed by atoms with E-state index < -0.39 is 16.1 Å². The maximum atomic E-state index is 12.1. The largest absolute Gasteiger partial charge is 0.366 e. The highest BCUT2D eigenvalue weighted by molar-refractivity contribution is 7.89. The second-order valence-electron chi connectivity index (χ2n) is 5.87. The van der Waals surface area contributed by atoms with Gasteiger partial charge in [0.15, 0.2) is 0 Å². The minimum Gasteiger partial charge on any atom is -0.366 e. The first kappa shape index (κ1) is 19.1. The van der Waals surface area contributed by atoms with E-state index in [0.717, 1.165) is 19.4 Å². The molecule has 0 bridgehead atoms. The van der Waals surface area contributed by atoms with Crippen LogP contribution in [-0.4, -0.2) is 46.7 Å². The first-order valence-electron chi connectivity index (χ1n) is 7.77. The molecule has 0 spiro atoms. The molecular weight excluding hydrogens is 354 g/mol. The molecule has 2 aliphatic rings. The van der Waals surface area contributed by atoms with Crippen LogP contribution in [0.5, 0.6) is 0 Å². The Kier molecular flexibility index (Phi) is 6.59. The third kappa shape index (κ3) is 5.15. The van der Waals surface area contributed by atoms with Crippen molar-refractivity contribution in [1.29, 1.82) is 0 Å². The molecule has 1 atom stereocenters. The number of nitrogens with one attached hydrogen (secondary N) is 3. The SMILES string of the molecule is Cl.O=C(Nc1ccc(S(=O)(=O)NCC2CC2)cc1)C1CNCCO1. The van der Waals surface area contributed by atoms with E-state index in [4.69, 9.17) is 4.74 Å². The van der Waals surface area contributed by atoms with E-state index in [0.29, 0.717) is 31.3 Å². The lowest BCUT2D eigenvalue weighted by molar-refractivity contribution is -0.128. The Bertz CT molecular complexity index is 656. The molecule has 1 aliphatic carbocycles. The molecule has 1 amide bonds. The van der Waals surface area contributed by atoms with E-state index >= 15 is 0 Å². The number of ether oxygens (including phenoxy) is 1. The zero-order valence-corrected chi connectivity index (χ0v) is 14.8. The number of sulfonamides is 1. The molecule has 3 N–H and O–H groups in total. The lowest BCUT2D eigenvalue weighted by Gasteiger charge is -2.22. The van der Waals surface area contributed by atoms with Crippen LogP contribution in [0.4, 0.5) is 5.69 Å². The second-order valence-corrected chi connectivity index (χ2v) is 7.64. The maximum Gasteiger partial charge on any atom is 0.254 e. The Balaban J connectivity index is 0.00000208.